The summed E-state index contributed by atoms with van der Waals surface area (Å²) in [7, 11) is 3.13. The molecule has 0 spiro atoms. The summed E-state index contributed by atoms with van der Waals surface area (Å²) in [5.74, 6) is 0.749. The Morgan fingerprint density at radius 1 is 1.13 bits per heavy atom. The molecule has 0 aliphatic heterocycles. The number of esters is 1. The van der Waals surface area contributed by atoms with Gasteiger partial charge in [-0.1, -0.05) is 35.9 Å². The van der Waals surface area contributed by atoms with Crippen molar-refractivity contribution in [1.82, 2.24) is 0 Å². The zero-order chi connectivity index (χ0) is 17.0. The molecule has 4 nitrogen and oxygen atoms in total. The van der Waals surface area contributed by atoms with Crippen LogP contribution in [0.2, 0.25) is 5.02 Å². The van der Waals surface area contributed by atoms with E-state index in [1.165, 1.54) is 0 Å². The van der Waals surface area contributed by atoms with Gasteiger partial charge in [0.05, 0.1) is 25.8 Å². The third-order valence-corrected chi connectivity index (χ3v) is 3.84. The lowest BCUT2D eigenvalue weighted by Gasteiger charge is -2.16. The van der Waals surface area contributed by atoms with Crippen LogP contribution in [0.25, 0.3) is 16.8 Å². The van der Waals surface area contributed by atoms with E-state index in [0.29, 0.717) is 34.3 Å². The molecule has 23 heavy (non-hydrogen) atoms. The number of hydrogen-bond acceptors (Lipinski definition) is 4. The Kier molecular flexibility index (Phi) is 5.50. The molecular formula is C18H19ClO4. The highest BCUT2D eigenvalue weighted by molar-refractivity contribution is 6.35. The Hall–Kier alpha value is -2.20. The average Bonchev–Trinajstić information content (AvgIpc) is 2.56. The van der Waals surface area contributed by atoms with Crippen molar-refractivity contribution >= 4 is 34.4 Å². The zero-order valence-corrected chi connectivity index (χ0v) is 14.4. The Labute approximate surface area is 140 Å². The summed E-state index contributed by atoms with van der Waals surface area (Å²) in [5.41, 5.74) is 1.03. The van der Waals surface area contributed by atoms with Gasteiger partial charge in [-0.05, 0) is 19.9 Å². The number of hydrogen-bond donors (Lipinski definition) is 0. The lowest BCUT2D eigenvalue weighted by molar-refractivity contribution is -0.138. The van der Waals surface area contributed by atoms with Gasteiger partial charge in [-0.15, -0.1) is 0 Å². The van der Waals surface area contributed by atoms with Crippen molar-refractivity contribution in [2.45, 2.75) is 13.8 Å². The molecule has 0 atom stereocenters. The van der Waals surface area contributed by atoms with Crippen LogP contribution in [-0.4, -0.2) is 26.8 Å². The predicted octanol–water partition coefficient (Wildman–Crippen LogP) is 4.48. The smallest absolute Gasteiger partial charge is 0.333 e. The molecule has 0 heterocycles. The van der Waals surface area contributed by atoms with Gasteiger partial charge in [-0.3, -0.25) is 0 Å². The summed E-state index contributed by atoms with van der Waals surface area (Å²) in [6.45, 7) is 3.75. The van der Waals surface area contributed by atoms with Gasteiger partial charge in [-0.25, -0.2) is 4.79 Å². The lowest BCUT2D eigenvalue weighted by Crippen LogP contribution is -2.05. The summed E-state index contributed by atoms with van der Waals surface area (Å²) in [6, 6.07) is 7.64. The highest BCUT2D eigenvalue weighted by atomic mass is 35.5. The van der Waals surface area contributed by atoms with Gasteiger partial charge in [0, 0.05) is 21.9 Å². The molecule has 122 valence electrons. The van der Waals surface area contributed by atoms with Crippen LogP contribution in [0.15, 0.2) is 29.8 Å². The number of halogens is 1. The average molecular weight is 335 g/mol. The summed E-state index contributed by atoms with van der Waals surface area (Å²) in [5, 5.41) is 2.11. The van der Waals surface area contributed by atoms with E-state index in [-0.39, 0.29) is 0 Å². The molecule has 0 radical (unpaired) electrons. The van der Waals surface area contributed by atoms with E-state index in [1.54, 1.807) is 34.1 Å². The van der Waals surface area contributed by atoms with Gasteiger partial charge < -0.3 is 14.2 Å². The largest absolute Gasteiger partial charge is 0.495 e. The molecule has 0 aliphatic carbocycles. The van der Waals surface area contributed by atoms with Crippen LogP contribution in [-0.2, 0) is 9.53 Å². The normalized spacial score (nSPS) is 11.4. The fraction of sp³-hybridized carbons (Fsp3) is 0.278. The highest BCUT2D eigenvalue weighted by Crippen LogP contribution is 2.44. The van der Waals surface area contributed by atoms with Gasteiger partial charge in [0.15, 0.2) is 0 Å². The Balaban J connectivity index is 2.75. The molecule has 0 N–H and O–H groups in total. The summed E-state index contributed by atoms with van der Waals surface area (Å²) in [4.78, 5) is 11.9. The Bertz CT molecular complexity index is 765. The van der Waals surface area contributed by atoms with Crippen LogP contribution in [0, 0.1) is 0 Å². The molecule has 0 amide bonds. The van der Waals surface area contributed by atoms with E-state index in [2.05, 4.69) is 0 Å². The summed E-state index contributed by atoms with van der Waals surface area (Å²) < 4.78 is 16.0. The van der Waals surface area contributed by atoms with Crippen LogP contribution in [0.5, 0.6) is 11.5 Å². The first kappa shape index (κ1) is 17.2. The summed E-state index contributed by atoms with van der Waals surface area (Å²) in [6.07, 6.45) is 1.66. The van der Waals surface area contributed by atoms with Crippen molar-refractivity contribution in [3.8, 4) is 11.5 Å². The van der Waals surface area contributed by atoms with Gasteiger partial charge in [-0.2, -0.15) is 0 Å². The van der Waals surface area contributed by atoms with Gasteiger partial charge in [0.1, 0.15) is 11.5 Å². The second-order valence-corrected chi connectivity index (χ2v) is 5.27. The highest BCUT2D eigenvalue weighted by Gasteiger charge is 2.19. The van der Waals surface area contributed by atoms with E-state index >= 15 is 0 Å². The first-order valence-corrected chi connectivity index (χ1v) is 7.60. The summed E-state index contributed by atoms with van der Waals surface area (Å²) >= 11 is 6.50. The van der Waals surface area contributed by atoms with Crippen molar-refractivity contribution in [3.05, 3.63) is 40.4 Å². The predicted molar refractivity (Wildman–Crippen MR) is 92.3 cm³/mol. The molecule has 0 saturated heterocycles. The van der Waals surface area contributed by atoms with E-state index in [4.69, 9.17) is 25.8 Å². The second-order valence-electron chi connectivity index (χ2n) is 4.89. The molecule has 0 aromatic heterocycles. The molecule has 2 aromatic rings. The number of fused-ring (bicyclic) bond motifs is 1. The topological polar surface area (TPSA) is 44.8 Å². The SMILES string of the molecule is CCOC(=O)C(C)=Cc1c(Cl)c(OC)c2ccccc2c1OC. The number of methoxy groups -OCH3 is 2. The molecular weight excluding hydrogens is 316 g/mol. The Morgan fingerprint density at radius 2 is 1.70 bits per heavy atom. The first-order valence-electron chi connectivity index (χ1n) is 7.22. The number of carbonyl (C=O) groups excluding carboxylic acids is 1. The molecule has 2 aromatic carbocycles. The molecule has 0 unspecified atom stereocenters. The van der Waals surface area contributed by atoms with E-state index < -0.39 is 5.97 Å². The van der Waals surface area contributed by atoms with Crippen molar-refractivity contribution in [2.75, 3.05) is 20.8 Å². The first-order chi connectivity index (χ1) is 11.0. The van der Waals surface area contributed by atoms with Gasteiger partial charge in [0.25, 0.3) is 0 Å². The maximum atomic E-state index is 11.9. The van der Waals surface area contributed by atoms with Gasteiger partial charge >= 0.3 is 5.97 Å². The van der Waals surface area contributed by atoms with Crippen molar-refractivity contribution in [3.63, 3.8) is 0 Å². The quantitative estimate of drug-likeness (QED) is 0.597. The minimum absolute atomic E-state index is 0.315. The van der Waals surface area contributed by atoms with Crippen molar-refractivity contribution in [1.29, 1.82) is 0 Å². The maximum Gasteiger partial charge on any atom is 0.333 e. The zero-order valence-electron chi connectivity index (χ0n) is 13.6. The molecule has 0 aliphatic rings. The lowest BCUT2D eigenvalue weighted by atomic mass is 10.0. The van der Waals surface area contributed by atoms with Gasteiger partial charge in [0.2, 0.25) is 0 Å². The Morgan fingerprint density at radius 3 is 2.22 bits per heavy atom. The molecule has 5 heteroatoms. The monoisotopic (exact) mass is 334 g/mol. The van der Waals surface area contributed by atoms with Crippen LogP contribution >= 0.6 is 11.6 Å². The van der Waals surface area contributed by atoms with Crippen LogP contribution in [0.1, 0.15) is 19.4 Å². The van der Waals surface area contributed by atoms with Crippen molar-refractivity contribution in [2.24, 2.45) is 0 Å². The standard InChI is InChI=1S/C18H19ClO4/c1-5-23-18(20)11(2)10-14-15(19)17(22-4)13-9-7-6-8-12(13)16(14)21-3/h6-10H,5H2,1-4H3. The third-order valence-electron chi connectivity index (χ3n) is 3.46. The maximum absolute atomic E-state index is 11.9. The number of rotatable bonds is 5. The third kappa shape index (κ3) is 3.27. The van der Waals surface area contributed by atoms with E-state index in [1.807, 2.05) is 24.3 Å². The van der Waals surface area contributed by atoms with Crippen molar-refractivity contribution < 1.29 is 19.0 Å². The number of carbonyl (C=O) groups is 1. The minimum atomic E-state index is -0.391. The fourth-order valence-electron chi connectivity index (χ4n) is 2.43. The van der Waals surface area contributed by atoms with Crippen LogP contribution < -0.4 is 9.47 Å². The molecule has 2 rings (SSSR count). The molecule has 0 saturated carbocycles. The van der Waals surface area contributed by atoms with E-state index in [0.717, 1.165) is 10.8 Å². The van der Waals surface area contributed by atoms with E-state index in [9.17, 15) is 4.79 Å². The number of benzene rings is 2. The second kappa shape index (κ2) is 7.38. The van der Waals surface area contributed by atoms with Crippen LogP contribution in [0.4, 0.5) is 0 Å². The molecule has 0 bridgehead atoms. The number of ether oxygens (including phenoxy) is 3. The van der Waals surface area contributed by atoms with Crippen LogP contribution in [0.3, 0.4) is 0 Å². The molecule has 0 fully saturated rings. The fourth-order valence-corrected chi connectivity index (χ4v) is 2.75. The minimum Gasteiger partial charge on any atom is -0.495 e.